The van der Waals surface area contributed by atoms with Crippen LogP contribution in [-0.4, -0.2) is 10.9 Å². The Morgan fingerprint density at radius 1 is 1.00 bits per heavy atom. The Balaban J connectivity index is 1.87. The van der Waals surface area contributed by atoms with E-state index in [1.54, 1.807) is 0 Å². The number of carbonyl (C=O) groups is 1. The Hall–Kier alpha value is -3.28. The van der Waals surface area contributed by atoms with Crippen LogP contribution in [0.25, 0.3) is 0 Å². The lowest BCUT2D eigenvalue weighted by Crippen LogP contribution is -2.41. The third-order valence-electron chi connectivity index (χ3n) is 4.01. The standard InChI is InChI=1S/C21H18F2N2O2/c1-21(2,14-6-4-3-5-7-14)25-19(26)18-12-16(23)13-24-20(18)27-17-10-8-15(22)9-11-17/h3-13H,1-2H3,(H,25,26). The summed E-state index contributed by atoms with van der Waals surface area (Å²) in [4.78, 5) is 16.7. The Morgan fingerprint density at radius 2 is 1.67 bits per heavy atom. The molecule has 3 rings (SSSR count). The van der Waals surface area contributed by atoms with E-state index in [0.717, 1.165) is 17.8 Å². The Bertz CT molecular complexity index is 942. The molecule has 1 aromatic heterocycles. The zero-order valence-electron chi connectivity index (χ0n) is 14.9. The van der Waals surface area contributed by atoms with Crippen LogP contribution in [0.15, 0.2) is 66.9 Å². The van der Waals surface area contributed by atoms with E-state index in [1.807, 2.05) is 44.2 Å². The van der Waals surface area contributed by atoms with E-state index in [1.165, 1.54) is 24.3 Å². The first kappa shape index (κ1) is 18.5. The first-order chi connectivity index (χ1) is 12.8. The molecule has 0 aliphatic heterocycles. The number of nitrogens with zero attached hydrogens (tertiary/aromatic N) is 1. The molecule has 27 heavy (non-hydrogen) atoms. The fourth-order valence-corrected chi connectivity index (χ4v) is 2.56. The summed E-state index contributed by atoms with van der Waals surface area (Å²) in [6, 6.07) is 15.7. The van der Waals surface area contributed by atoms with Crippen molar-refractivity contribution in [3.05, 3.63) is 89.6 Å². The van der Waals surface area contributed by atoms with Crippen molar-refractivity contribution < 1.29 is 18.3 Å². The second kappa shape index (κ2) is 7.53. The van der Waals surface area contributed by atoms with Crippen LogP contribution in [-0.2, 0) is 5.54 Å². The van der Waals surface area contributed by atoms with Gasteiger partial charge >= 0.3 is 0 Å². The number of amides is 1. The van der Waals surface area contributed by atoms with E-state index in [9.17, 15) is 13.6 Å². The molecule has 0 aliphatic carbocycles. The van der Waals surface area contributed by atoms with Crippen LogP contribution in [0.3, 0.4) is 0 Å². The predicted molar refractivity (Wildman–Crippen MR) is 97.6 cm³/mol. The monoisotopic (exact) mass is 368 g/mol. The van der Waals surface area contributed by atoms with Gasteiger partial charge in [-0.3, -0.25) is 4.79 Å². The Kier molecular flexibility index (Phi) is 5.16. The number of rotatable bonds is 5. The summed E-state index contributed by atoms with van der Waals surface area (Å²) in [5, 5.41) is 2.87. The summed E-state index contributed by atoms with van der Waals surface area (Å²) >= 11 is 0. The van der Waals surface area contributed by atoms with Crippen molar-refractivity contribution in [3.8, 4) is 11.6 Å². The van der Waals surface area contributed by atoms with E-state index >= 15 is 0 Å². The molecule has 6 heteroatoms. The summed E-state index contributed by atoms with van der Waals surface area (Å²) < 4.78 is 32.3. The van der Waals surface area contributed by atoms with Gasteiger partial charge in [0.05, 0.1) is 11.7 Å². The van der Waals surface area contributed by atoms with Gasteiger partial charge in [0, 0.05) is 0 Å². The fraction of sp³-hybridized carbons (Fsp3) is 0.143. The SMILES string of the molecule is CC(C)(NC(=O)c1cc(F)cnc1Oc1ccc(F)cc1)c1ccccc1. The van der Waals surface area contributed by atoms with Gasteiger partial charge in [-0.2, -0.15) is 0 Å². The van der Waals surface area contributed by atoms with Crippen LogP contribution in [0, 0.1) is 11.6 Å². The smallest absolute Gasteiger partial charge is 0.257 e. The molecular weight excluding hydrogens is 350 g/mol. The lowest BCUT2D eigenvalue weighted by Gasteiger charge is -2.27. The fourth-order valence-electron chi connectivity index (χ4n) is 2.56. The van der Waals surface area contributed by atoms with Crippen molar-refractivity contribution in [3.63, 3.8) is 0 Å². The van der Waals surface area contributed by atoms with Gasteiger partial charge in [0.15, 0.2) is 0 Å². The lowest BCUT2D eigenvalue weighted by atomic mass is 9.94. The van der Waals surface area contributed by atoms with E-state index in [2.05, 4.69) is 10.3 Å². The molecule has 1 N–H and O–H groups in total. The number of benzene rings is 2. The van der Waals surface area contributed by atoms with E-state index in [-0.39, 0.29) is 17.2 Å². The molecule has 0 fully saturated rings. The molecule has 0 aliphatic rings. The lowest BCUT2D eigenvalue weighted by molar-refractivity contribution is 0.0908. The van der Waals surface area contributed by atoms with E-state index in [4.69, 9.17) is 4.74 Å². The Labute approximate surface area is 155 Å². The first-order valence-corrected chi connectivity index (χ1v) is 8.32. The molecule has 1 amide bonds. The van der Waals surface area contributed by atoms with Crippen LogP contribution in [0.5, 0.6) is 11.6 Å². The van der Waals surface area contributed by atoms with Crippen molar-refractivity contribution in [2.24, 2.45) is 0 Å². The summed E-state index contributed by atoms with van der Waals surface area (Å²) in [5.74, 6) is -1.40. The van der Waals surface area contributed by atoms with Gasteiger partial charge in [-0.25, -0.2) is 13.8 Å². The highest BCUT2D eigenvalue weighted by Crippen LogP contribution is 2.26. The van der Waals surface area contributed by atoms with Gasteiger partial charge in [-0.15, -0.1) is 0 Å². The second-order valence-electron chi connectivity index (χ2n) is 6.51. The molecule has 2 aromatic carbocycles. The average molecular weight is 368 g/mol. The van der Waals surface area contributed by atoms with E-state index < -0.39 is 23.1 Å². The van der Waals surface area contributed by atoms with Gasteiger partial charge in [-0.1, -0.05) is 30.3 Å². The summed E-state index contributed by atoms with van der Waals surface area (Å²) in [6.45, 7) is 3.68. The highest BCUT2D eigenvalue weighted by atomic mass is 19.1. The molecule has 0 atom stereocenters. The maximum Gasteiger partial charge on any atom is 0.257 e. The van der Waals surface area contributed by atoms with Gasteiger partial charge < -0.3 is 10.1 Å². The third kappa shape index (κ3) is 4.47. The third-order valence-corrected chi connectivity index (χ3v) is 4.01. The number of ether oxygens (including phenoxy) is 1. The van der Waals surface area contributed by atoms with Crippen LogP contribution in [0.2, 0.25) is 0 Å². The molecule has 0 unspecified atom stereocenters. The Morgan fingerprint density at radius 3 is 2.33 bits per heavy atom. The molecule has 0 bridgehead atoms. The molecule has 3 aromatic rings. The van der Waals surface area contributed by atoms with Crippen LogP contribution in [0.4, 0.5) is 8.78 Å². The molecule has 1 heterocycles. The zero-order valence-corrected chi connectivity index (χ0v) is 14.9. The number of hydrogen-bond acceptors (Lipinski definition) is 3. The number of carbonyl (C=O) groups excluding carboxylic acids is 1. The van der Waals surface area contributed by atoms with Gasteiger partial charge in [0.1, 0.15) is 22.9 Å². The highest BCUT2D eigenvalue weighted by molar-refractivity contribution is 5.97. The van der Waals surface area contributed by atoms with Crippen molar-refractivity contribution in [1.82, 2.24) is 10.3 Å². The summed E-state index contributed by atoms with van der Waals surface area (Å²) in [7, 11) is 0. The van der Waals surface area contributed by atoms with Crippen LogP contribution >= 0.6 is 0 Å². The molecule has 0 radical (unpaired) electrons. The van der Waals surface area contributed by atoms with Crippen LogP contribution < -0.4 is 10.1 Å². The largest absolute Gasteiger partial charge is 0.438 e. The number of nitrogens with one attached hydrogen (secondary N) is 1. The minimum atomic E-state index is -0.697. The zero-order chi connectivity index (χ0) is 19.4. The number of pyridine rings is 1. The second-order valence-corrected chi connectivity index (χ2v) is 6.51. The van der Waals surface area contributed by atoms with Crippen molar-refractivity contribution >= 4 is 5.91 Å². The van der Waals surface area contributed by atoms with Gasteiger partial charge in [0.25, 0.3) is 5.91 Å². The van der Waals surface area contributed by atoms with Crippen molar-refractivity contribution in [1.29, 1.82) is 0 Å². The molecular formula is C21H18F2N2O2. The van der Waals surface area contributed by atoms with Gasteiger partial charge in [-0.05, 0) is 49.7 Å². The maximum absolute atomic E-state index is 13.7. The predicted octanol–water partition coefficient (Wildman–Crippen LogP) is 4.82. The molecule has 0 saturated carbocycles. The summed E-state index contributed by atoms with van der Waals surface area (Å²) in [6.07, 6.45) is 0.956. The minimum absolute atomic E-state index is 0.0525. The number of aromatic nitrogens is 1. The topological polar surface area (TPSA) is 51.2 Å². The molecule has 4 nitrogen and oxygen atoms in total. The molecule has 0 spiro atoms. The summed E-state index contributed by atoms with van der Waals surface area (Å²) in [5.41, 5.74) is 0.143. The molecule has 0 saturated heterocycles. The molecule has 138 valence electrons. The average Bonchev–Trinajstić information content (AvgIpc) is 2.65. The quantitative estimate of drug-likeness (QED) is 0.703. The van der Waals surface area contributed by atoms with Crippen molar-refractivity contribution in [2.45, 2.75) is 19.4 Å². The maximum atomic E-state index is 13.7. The normalized spacial score (nSPS) is 11.1. The van der Waals surface area contributed by atoms with Crippen molar-refractivity contribution in [2.75, 3.05) is 0 Å². The minimum Gasteiger partial charge on any atom is -0.438 e. The number of halogens is 2. The van der Waals surface area contributed by atoms with E-state index in [0.29, 0.717) is 0 Å². The number of hydrogen-bond donors (Lipinski definition) is 1. The highest BCUT2D eigenvalue weighted by Gasteiger charge is 2.26. The van der Waals surface area contributed by atoms with Crippen LogP contribution in [0.1, 0.15) is 29.8 Å². The first-order valence-electron chi connectivity index (χ1n) is 8.32. The van der Waals surface area contributed by atoms with Gasteiger partial charge in [0.2, 0.25) is 5.88 Å².